The van der Waals surface area contributed by atoms with Gasteiger partial charge in [0.1, 0.15) is 4.90 Å². The van der Waals surface area contributed by atoms with Gasteiger partial charge in [-0.3, -0.25) is 9.48 Å². The van der Waals surface area contributed by atoms with Gasteiger partial charge in [0.25, 0.3) is 0 Å². The average molecular weight is 334 g/mol. The Labute approximate surface area is 135 Å². The first-order valence-electron chi connectivity index (χ1n) is 6.88. The summed E-state index contributed by atoms with van der Waals surface area (Å²) in [4.78, 5) is 11.6. The van der Waals surface area contributed by atoms with E-state index in [9.17, 15) is 13.2 Å². The average Bonchev–Trinajstić information content (AvgIpc) is 2.99. The molecule has 0 aliphatic carbocycles. The molecule has 0 bridgehead atoms. The smallest absolute Gasteiger partial charge is 0.243 e. The largest absolute Gasteiger partial charge is 0.344 e. The summed E-state index contributed by atoms with van der Waals surface area (Å²) in [7, 11) is -2.06. The number of rotatable bonds is 7. The summed E-state index contributed by atoms with van der Waals surface area (Å²) in [6, 6.07) is 8.60. The highest BCUT2D eigenvalue weighted by Gasteiger charge is 2.20. The van der Waals surface area contributed by atoms with Crippen LogP contribution in [0.1, 0.15) is 11.6 Å². The van der Waals surface area contributed by atoms with Crippen LogP contribution < -0.4 is 10.0 Å². The van der Waals surface area contributed by atoms with Crippen LogP contribution in [0.5, 0.6) is 0 Å². The quantitative estimate of drug-likeness (QED) is 0.731. The minimum absolute atomic E-state index is 0.0147. The third-order valence-corrected chi connectivity index (χ3v) is 4.55. The minimum Gasteiger partial charge on any atom is -0.344 e. The monoisotopic (exact) mass is 334 g/mol. The SMILES string of the molecule is C=CC(=O)NC(CNS(=O)(=O)c1cnn(C)c1)c1ccccc1. The molecular weight excluding hydrogens is 316 g/mol. The Balaban J connectivity index is 2.15. The van der Waals surface area contributed by atoms with Crippen molar-refractivity contribution in [3.05, 3.63) is 60.9 Å². The van der Waals surface area contributed by atoms with Crippen LogP contribution in [-0.2, 0) is 21.9 Å². The molecule has 8 heteroatoms. The second-order valence-corrected chi connectivity index (χ2v) is 6.64. The number of carbonyl (C=O) groups excluding carboxylic acids is 1. The lowest BCUT2D eigenvalue weighted by molar-refractivity contribution is -0.117. The number of aryl methyl sites for hydroxylation is 1. The predicted molar refractivity (Wildman–Crippen MR) is 85.9 cm³/mol. The Hall–Kier alpha value is -2.45. The molecule has 0 fully saturated rings. The Morgan fingerprint density at radius 3 is 2.65 bits per heavy atom. The molecule has 0 saturated heterocycles. The summed E-state index contributed by atoms with van der Waals surface area (Å²) in [5.74, 6) is -0.376. The molecule has 1 aromatic carbocycles. The number of carbonyl (C=O) groups is 1. The van der Waals surface area contributed by atoms with Gasteiger partial charge in [0.15, 0.2) is 0 Å². The number of benzene rings is 1. The summed E-state index contributed by atoms with van der Waals surface area (Å²) >= 11 is 0. The molecule has 1 aromatic heterocycles. The zero-order valence-electron chi connectivity index (χ0n) is 12.6. The minimum atomic E-state index is -3.70. The van der Waals surface area contributed by atoms with Gasteiger partial charge >= 0.3 is 0 Å². The van der Waals surface area contributed by atoms with E-state index in [0.29, 0.717) is 0 Å². The number of amides is 1. The molecule has 7 nitrogen and oxygen atoms in total. The summed E-state index contributed by atoms with van der Waals surface area (Å²) < 4.78 is 28.4. The van der Waals surface area contributed by atoms with Gasteiger partial charge in [-0.1, -0.05) is 36.9 Å². The fourth-order valence-electron chi connectivity index (χ4n) is 1.98. The number of sulfonamides is 1. The number of nitrogens with zero attached hydrogens (tertiary/aromatic N) is 2. The highest BCUT2D eigenvalue weighted by atomic mass is 32.2. The molecule has 0 saturated carbocycles. The first kappa shape index (κ1) is 16.9. The number of aromatic nitrogens is 2. The van der Waals surface area contributed by atoms with Gasteiger partial charge in [0, 0.05) is 19.8 Å². The summed E-state index contributed by atoms with van der Waals surface area (Å²) in [6.07, 6.45) is 3.82. The van der Waals surface area contributed by atoms with Crippen molar-refractivity contribution in [3.63, 3.8) is 0 Å². The third-order valence-electron chi connectivity index (χ3n) is 3.17. The van der Waals surface area contributed by atoms with Crippen molar-refractivity contribution in [2.45, 2.75) is 10.9 Å². The Bertz CT molecular complexity index is 784. The number of nitrogens with one attached hydrogen (secondary N) is 2. The van der Waals surface area contributed by atoms with Gasteiger partial charge in [-0.05, 0) is 11.6 Å². The van der Waals surface area contributed by atoms with E-state index in [0.717, 1.165) is 11.6 Å². The zero-order valence-corrected chi connectivity index (χ0v) is 13.5. The van der Waals surface area contributed by atoms with Crippen LogP contribution in [0.4, 0.5) is 0 Å². The highest BCUT2D eigenvalue weighted by Crippen LogP contribution is 2.13. The second kappa shape index (κ2) is 7.21. The lowest BCUT2D eigenvalue weighted by Crippen LogP contribution is -2.37. The molecule has 0 aliphatic rings. The lowest BCUT2D eigenvalue weighted by Gasteiger charge is -2.18. The third kappa shape index (κ3) is 4.51. The van der Waals surface area contributed by atoms with E-state index in [4.69, 9.17) is 0 Å². The van der Waals surface area contributed by atoms with E-state index in [1.54, 1.807) is 7.05 Å². The maximum atomic E-state index is 12.2. The van der Waals surface area contributed by atoms with Gasteiger partial charge in [-0.15, -0.1) is 0 Å². The standard InChI is InChI=1S/C15H18N4O3S/c1-3-15(20)18-14(12-7-5-4-6-8-12)10-17-23(21,22)13-9-16-19(2)11-13/h3-9,11,14,17H,1,10H2,2H3,(H,18,20). The first-order chi connectivity index (χ1) is 10.9. The van der Waals surface area contributed by atoms with Gasteiger partial charge in [-0.25, -0.2) is 13.1 Å². The molecule has 2 aromatic rings. The van der Waals surface area contributed by atoms with Gasteiger partial charge < -0.3 is 5.32 Å². The van der Waals surface area contributed by atoms with Gasteiger partial charge in [0.2, 0.25) is 15.9 Å². The van der Waals surface area contributed by atoms with Crippen LogP contribution in [0.3, 0.4) is 0 Å². The van der Waals surface area contributed by atoms with E-state index in [-0.39, 0.29) is 17.3 Å². The fourth-order valence-corrected chi connectivity index (χ4v) is 3.01. The van der Waals surface area contributed by atoms with Gasteiger partial charge in [0.05, 0.1) is 12.2 Å². The molecule has 2 N–H and O–H groups in total. The van der Waals surface area contributed by atoms with Gasteiger partial charge in [-0.2, -0.15) is 5.10 Å². The van der Waals surface area contributed by atoms with Crippen molar-refractivity contribution < 1.29 is 13.2 Å². The van der Waals surface area contributed by atoms with Crippen LogP contribution in [-0.4, -0.2) is 30.7 Å². The van der Waals surface area contributed by atoms with E-state index in [1.165, 1.54) is 17.1 Å². The first-order valence-corrected chi connectivity index (χ1v) is 8.37. The normalized spacial score (nSPS) is 12.6. The van der Waals surface area contributed by atoms with Crippen LogP contribution in [0, 0.1) is 0 Å². The van der Waals surface area contributed by atoms with Crippen LogP contribution >= 0.6 is 0 Å². The van der Waals surface area contributed by atoms with E-state index < -0.39 is 16.1 Å². The molecule has 2 rings (SSSR count). The van der Waals surface area contributed by atoms with Crippen molar-refractivity contribution in [2.75, 3.05) is 6.54 Å². The maximum Gasteiger partial charge on any atom is 0.243 e. The molecule has 1 heterocycles. The molecule has 0 radical (unpaired) electrons. The molecule has 0 spiro atoms. The molecule has 1 atom stereocenters. The van der Waals surface area contributed by atoms with E-state index in [1.807, 2.05) is 30.3 Å². The van der Waals surface area contributed by atoms with E-state index in [2.05, 4.69) is 21.7 Å². The Morgan fingerprint density at radius 1 is 1.39 bits per heavy atom. The molecule has 0 aliphatic heterocycles. The zero-order chi connectivity index (χ0) is 16.9. The molecular formula is C15H18N4O3S. The number of hydrogen-bond acceptors (Lipinski definition) is 4. The fraction of sp³-hybridized carbons (Fsp3) is 0.200. The van der Waals surface area contributed by atoms with Crippen LogP contribution in [0.15, 0.2) is 60.3 Å². The molecule has 1 amide bonds. The van der Waals surface area contributed by atoms with Crippen molar-refractivity contribution in [3.8, 4) is 0 Å². The lowest BCUT2D eigenvalue weighted by atomic mass is 10.1. The van der Waals surface area contributed by atoms with Crippen molar-refractivity contribution >= 4 is 15.9 Å². The molecule has 23 heavy (non-hydrogen) atoms. The van der Waals surface area contributed by atoms with Crippen molar-refractivity contribution in [2.24, 2.45) is 7.05 Å². The highest BCUT2D eigenvalue weighted by molar-refractivity contribution is 7.89. The molecule has 122 valence electrons. The van der Waals surface area contributed by atoms with Crippen molar-refractivity contribution in [1.29, 1.82) is 0 Å². The topological polar surface area (TPSA) is 93.1 Å². The maximum absolute atomic E-state index is 12.2. The Kier molecular flexibility index (Phi) is 5.30. The summed E-state index contributed by atoms with van der Waals surface area (Å²) in [5, 5.41) is 6.55. The number of hydrogen-bond donors (Lipinski definition) is 2. The summed E-state index contributed by atoms with van der Waals surface area (Å²) in [6.45, 7) is 3.42. The summed E-state index contributed by atoms with van der Waals surface area (Å²) in [5.41, 5.74) is 0.789. The Morgan fingerprint density at radius 2 is 2.09 bits per heavy atom. The second-order valence-electron chi connectivity index (χ2n) is 4.88. The van der Waals surface area contributed by atoms with E-state index >= 15 is 0 Å². The van der Waals surface area contributed by atoms with Crippen LogP contribution in [0.2, 0.25) is 0 Å². The van der Waals surface area contributed by atoms with Crippen LogP contribution in [0.25, 0.3) is 0 Å². The molecule has 1 unspecified atom stereocenters. The van der Waals surface area contributed by atoms with Crippen molar-refractivity contribution in [1.82, 2.24) is 19.8 Å². The predicted octanol–water partition coefficient (Wildman–Crippen LogP) is 0.742.